The number of carbonyl (C=O) groups is 3. The van der Waals surface area contributed by atoms with E-state index in [0.29, 0.717) is 28.1 Å². The summed E-state index contributed by atoms with van der Waals surface area (Å²) in [5.74, 6) is -2.17. The van der Waals surface area contributed by atoms with Crippen LogP contribution < -0.4 is 10.6 Å². The summed E-state index contributed by atoms with van der Waals surface area (Å²) < 4.78 is 31.6. The van der Waals surface area contributed by atoms with Crippen molar-refractivity contribution >= 4 is 23.7 Å². The van der Waals surface area contributed by atoms with E-state index in [0.717, 1.165) is 17.2 Å². The zero-order valence-corrected chi connectivity index (χ0v) is 26.4. The minimum Gasteiger partial charge on any atom is -0.480 e. The number of nitrogens with one attached hydrogen (secondary N) is 2. The van der Waals surface area contributed by atoms with Crippen molar-refractivity contribution in [3.63, 3.8) is 0 Å². The number of rotatable bonds is 9. The molecule has 0 bridgehead atoms. The summed E-state index contributed by atoms with van der Waals surface area (Å²) in [5, 5.41) is 18.8. The van der Waals surface area contributed by atoms with Crippen LogP contribution in [0.4, 0.5) is 14.9 Å². The van der Waals surface area contributed by atoms with Crippen molar-refractivity contribution in [3.8, 4) is 34.2 Å². The Morgan fingerprint density at radius 3 is 2.34 bits per heavy atom. The minimum atomic E-state index is -1.35. The molecular weight excluding hydrogens is 607 g/mol. The van der Waals surface area contributed by atoms with Crippen molar-refractivity contribution in [2.75, 3.05) is 5.32 Å². The number of halogens is 1. The Hall–Kier alpha value is -5.78. The fourth-order valence-electron chi connectivity index (χ4n) is 4.67. The summed E-state index contributed by atoms with van der Waals surface area (Å²) in [4.78, 5) is 41.3. The molecule has 11 nitrogen and oxygen atoms in total. The largest absolute Gasteiger partial charge is 0.480 e. The monoisotopic (exact) mass is 640 g/mol. The molecule has 0 spiro atoms. The molecule has 47 heavy (non-hydrogen) atoms. The fraction of sp³-hybridized carbons (Fsp3) is 0.229. The van der Waals surface area contributed by atoms with Crippen LogP contribution >= 0.6 is 0 Å². The fourth-order valence-corrected chi connectivity index (χ4v) is 4.67. The number of carboxylic acid groups (broad SMARTS) is 1. The third-order valence-electron chi connectivity index (χ3n) is 7.02. The van der Waals surface area contributed by atoms with E-state index in [1.165, 1.54) is 18.2 Å². The van der Waals surface area contributed by atoms with Crippen molar-refractivity contribution in [2.45, 2.75) is 52.7 Å². The Morgan fingerprint density at radius 2 is 1.68 bits per heavy atom. The maximum Gasteiger partial charge on any atom is 0.412 e. The predicted octanol–water partition coefficient (Wildman–Crippen LogP) is 7.19. The Kier molecular flexibility index (Phi) is 9.22. The summed E-state index contributed by atoms with van der Waals surface area (Å²) in [6.07, 6.45) is -0.779. The standard InChI is InChI=1S/C35H33FN4O7/c1-19-6-9-22(10-7-19)28-14-15-29(45-28)31(41)37-27(33(42)43)18-21-8-12-24(25(36)17-21)30-39-32(47-40-30)23-11-13-26(20(2)16-23)38-34(44)46-35(3,4)5/h6-17,27H,18H2,1-5H3,(H,37,41)(H,38,44)(H,42,43). The van der Waals surface area contributed by atoms with E-state index in [1.807, 2.05) is 31.2 Å². The van der Waals surface area contributed by atoms with E-state index in [2.05, 4.69) is 20.8 Å². The van der Waals surface area contributed by atoms with Gasteiger partial charge in [0.25, 0.3) is 11.8 Å². The molecule has 0 aliphatic rings. The molecule has 0 fully saturated rings. The molecule has 3 aromatic carbocycles. The molecule has 0 saturated heterocycles. The number of hydrogen-bond acceptors (Lipinski definition) is 8. The van der Waals surface area contributed by atoms with E-state index < -0.39 is 35.4 Å². The maximum absolute atomic E-state index is 15.2. The van der Waals surface area contributed by atoms with Crippen molar-refractivity contribution in [2.24, 2.45) is 0 Å². The molecule has 5 rings (SSSR count). The van der Waals surface area contributed by atoms with Crippen LogP contribution in [-0.4, -0.2) is 44.9 Å². The molecule has 0 aliphatic carbocycles. The first-order valence-electron chi connectivity index (χ1n) is 14.7. The number of ether oxygens (including phenoxy) is 1. The van der Waals surface area contributed by atoms with Gasteiger partial charge in [0.1, 0.15) is 23.2 Å². The van der Waals surface area contributed by atoms with Crippen LogP contribution in [0.1, 0.15) is 48.0 Å². The molecular formula is C35H33FN4O7. The van der Waals surface area contributed by atoms with Gasteiger partial charge in [0.15, 0.2) is 5.76 Å². The van der Waals surface area contributed by atoms with Gasteiger partial charge >= 0.3 is 12.1 Å². The van der Waals surface area contributed by atoms with E-state index in [4.69, 9.17) is 13.7 Å². The predicted molar refractivity (Wildman–Crippen MR) is 171 cm³/mol. The second-order valence-electron chi connectivity index (χ2n) is 12.0. The maximum atomic E-state index is 15.2. The zero-order valence-electron chi connectivity index (χ0n) is 26.4. The molecule has 242 valence electrons. The first-order valence-corrected chi connectivity index (χ1v) is 14.7. The second kappa shape index (κ2) is 13.3. The van der Waals surface area contributed by atoms with Crippen molar-refractivity contribution in [3.05, 3.63) is 101 Å². The van der Waals surface area contributed by atoms with Crippen LogP contribution in [-0.2, 0) is 16.0 Å². The van der Waals surface area contributed by atoms with Crippen molar-refractivity contribution < 1.29 is 37.6 Å². The van der Waals surface area contributed by atoms with Gasteiger partial charge in [-0.25, -0.2) is 14.0 Å². The number of carboxylic acids is 1. The Labute approximate surface area is 269 Å². The number of aliphatic carboxylic acids is 1. The normalized spacial score (nSPS) is 12.0. The zero-order chi connectivity index (χ0) is 33.9. The van der Waals surface area contributed by atoms with Crippen molar-refractivity contribution in [1.29, 1.82) is 0 Å². The lowest BCUT2D eigenvalue weighted by Gasteiger charge is -2.20. The molecule has 1 unspecified atom stereocenters. The lowest BCUT2D eigenvalue weighted by Crippen LogP contribution is -2.42. The van der Waals surface area contributed by atoms with Crippen LogP contribution in [0.15, 0.2) is 81.7 Å². The molecule has 2 aromatic heterocycles. The Morgan fingerprint density at radius 1 is 0.957 bits per heavy atom. The van der Waals surface area contributed by atoms with Gasteiger partial charge in [0.05, 0.1) is 5.56 Å². The molecule has 2 amide bonds. The Bertz CT molecular complexity index is 1940. The lowest BCUT2D eigenvalue weighted by atomic mass is 10.0. The van der Waals surface area contributed by atoms with E-state index in [1.54, 1.807) is 52.0 Å². The van der Waals surface area contributed by atoms with E-state index >= 15 is 4.39 Å². The molecule has 2 heterocycles. The smallest absolute Gasteiger partial charge is 0.412 e. The first kappa shape index (κ1) is 32.6. The number of amides is 2. The summed E-state index contributed by atoms with van der Waals surface area (Å²) in [5.41, 5.74) is 3.36. The van der Waals surface area contributed by atoms with Crippen LogP contribution in [0, 0.1) is 19.7 Å². The number of aromatic nitrogens is 2. The molecule has 0 aliphatic heterocycles. The molecule has 0 radical (unpaired) electrons. The van der Waals surface area contributed by atoms with E-state index in [-0.39, 0.29) is 29.5 Å². The van der Waals surface area contributed by atoms with Crippen LogP contribution in [0.25, 0.3) is 34.2 Å². The highest BCUT2D eigenvalue weighted by Crippen LogP contribution is 2.28. The highest BCUT2D eigenvalue weighted by atomic mass is 19.1. The summed E-state index contributed by atoms with van der Waals surface area (Å²) in [6.45, 7) is 9.05. The number of carbonyl (C=O) groups excluding carboxylic acids is 2. The summed E-state index contributed by atoms with van der Waals surface area (Å²) >= 11 is 0. The molecule has 0 saturated carbocycles. The number of furan rings is 1. The van der Waals surface area contributed by atoms with E-state index in [9.17, 15) is 19.5 Å². The molecule has 3 N–H and O–H groups in total. The Balaban J connectivity index is 1.25. The number of aryl methyl sites for hydroxylation is 2. The van der Waals surface area contributed by atoms with Crippen LogP contribution in [0.3, 0.4) is 0 Å². The number of nitrogens with zero attached hydrogens (tertiary/aromatic N) is 2. The van der Waals surface area contributed by atoms with Gasteiger partial charge in [-0.3, -0.25) is 10.1 Å². The molecule has 1 atom stereocenters. The van der Waals surface area contributed by atoms with Gasteiger partial charge in [-0.2, -0.15) is 4.98 Å². The molecule has 5 aromatic rings. The van der Waals surface area contributed by atoms with Gasteiger partial charge in [0, 0.05) is 23.2 Å². The number of hydrogen-bond donors (Lipinski definition) is 3. The third kappa shape index (κ3) is 8.09. The quantitative estimate of drug-likeness (QED) is 0.152. The minimum absolute atomic E-state index is 0.0112. The number of benzene rings is 3. The average Bonchev–Trinajstić information content (AvgIpc) is 3.68. The number of anilines is 1. The SMILES string of the molecule is Cc1ccc(-c2ccc(C(=O)NC(Cc3ccc(-c4noc(-c5ccc(NC(=O)OC(C)(C)C)c(C)c5)n4)c(F)c3)C(=O)O)o2)cc1. The van der Waals surface area contributed by atoms with Gasteiger partial charge in [-0.1, -0.05) is 41.1 Å². The van der Waals surface area contributed by atoms with Crippen LogP contribution in [0.5, 0.6) is 0 Å². The molecule has 12 heteroatoms. The van der Waals surface area contributed by atoms with Gasteiger partial charge < -0.3 is 24.1 Å². The third-order valence-corrected chi connectivity index (χ3v) is 7.02. The van der Waals surface area contributed by atoms with Gasteiger partial charge in [-0.05, 0) is 88.2 Å². The second-order valence-corrected chi connectivity index (χ2v) is 12.0. The summed E-state index contributed by atoms with van der Waals surface area (Å²) in [6, 6.07) is 18.5. The highest BCUT2D eigenvalue weighted by molar-refractivity contribution is 5.95. The highest BCUT2D eigenvalue weighted by Gasteiger charge is 2.24. The van der Waals surface area contributed by atoms with Crippen molar-refractivity contribution in [1.82, 2.24) is 15.5 Å². The summed E-state index contributed by atoms with van der Waals surface area (Å²) in [7, 11) is 0. The van der Waals surface area contributed by atoms with Gasteiger partial charge in [0.2, 0.25) is 5.82 Å². The van der Waals surface area contributed by atoms with Crippen LogP contribution in [0.2, 0.25) is 0 Å². The average molecular weight is 641 g/mol. The lowest BCUT2D eigenvalue weighted by molar-refractivity contribution is -0.139. The van der Waals surface area contributed by atoms with Gasteiger partial charge in [-0.15, -0.1) is 0 Å². The first-order chi connectivity index (χ1) is 22.3. The topological polar surface area (TPSA) is 157 Å².